The van der Waals surface area contributed by atoms with E-state index in [2.05, 4.69) is 20.8 Å². The third kappa shape index (κ3) is 4.22. The van der Waals surface area contributed by atoms with Gasteiger partial charge in [0.25, 0.3) is 0 Å². The van der Waals surface area contributed by atoms with Crippen LogP contribution < -0.4 is 5.73 Å². The Morgan fingerprint density at radius 3 is 1.95 bits per heavy atom. The summed E-state index contributed by atoms with van der Waals surface area (Å²) in [6.45, 7) is 12.6. The minimum atomic E-state index is -1.15. The zero-order chi connectivity index (χ0) is 17.3. The average Bonchev–Trinajstić information content (AvgIpc) is 2.35. The molecule has 4 nitrogen and oxygen atoms in total. The molecule has 0 heterocycles. The molecule has 0 bridgehead atoms. The standard InChI is InChI=1S/C18H31NO3/c1-17(2,3)11-9-12(16(22)14(20)7-8-19)15(21)13(10-11)18(4,5)6/h9-10,14,16,20-22H,7-8,19H2,1-6H3. The summed E-state index contributed by atoms with van der Waals surface area (Å²) in [5.74, 6) is 0.0593. The van der Waals surface area contributed by atoms with Crippen LogP contribution in [0.25, 0.3) is 0 Å². The molecule has 1 aromatic rings. The highest BCUT2D eigenvalue weighted by Crippen LogP contribution is 2.40. The average molecular weight is 309 g/mol. The fraction of sp³-hybridized carbons (Fsp3) is 0.667. The molecule has 0 saturated carbocycles. The molecule has 1 aromatic carbocycles. The molecule has 126 valence electrons. The number of aromatic hydroxyl groups is 1. The van der Waals surface area contributed by atoms with Crippen LogP contribution in [0.4, 0.5) is 0 Å². The third-order valence-electron chi connectivity index (χ3n) is 3.96. The first-order valence-electron chi connectivity index (χ1n) is 7.83. The molecule has 0 spiro atoms. The van der Waals surface area contributed by atoms with Gasteiger partial charge in [-0.25, -0.2) is 0 Å². The van der Waals surface area contributed by atoms with E-state index in [1.807, 2.05) is 26.8 Å². The van der Waals surface area contributed by atoms with Crippen molar-refractivity contribution < 1.29 is 15.3 Å². The SMILES string of the molecule is CC(C)(C)c1cc(C(O)C(O)CCN)c(O)c(C(C)(C)C)c1. The van der Waals surface area contributed by atoms with E-state index in [9.17, 15) is 15.3 Å². The smallest absolute Gasteiger partial charge is 0.125 e. The predicted octanol–water partition coefficient (Wildman–Crippen LogP) is 2.73. The normalized spacial score (nSPS) is 15.7. The monoisotopic (exact) mass is 309 g/mol. The van der Waals surface area contributed by atoms with Gasteiger partial charge in [-0.2, -0.15) is 0 Å². The zero-order valence-corrected chi connectivity index (χ0v) is 14.6. The van der Waals surface area contributed by atoms with Crippen molar-refractivity contribution in [2.24, 2.45) is 5.73 Å². The summed E-state index contributed by atoms with van der Waals surface area (Å²) in [4.78, 5) is 0. The van der Waals surface area contributed by atoms with E-state index in [4.69, 9.17) is 5.73 Å². The van der Waals surface area contributed by atoms with Gasteiger partial charge in [-0.05, 0) is 41.0 Å². The van der Waals surface area contributed by atoms with E-state index >= 15 is 0 Å². The lowest BCUT2D eigenvalue weighted by Crippen LogP contribution is -2.24. The Balaban J connectivity index is 3.50. The number of aliphatic hydroxyl groups is 2. The van der Waals surface area contributed by atoms with Crippen molar-refractivity contribution in [3.05, 3.63) is 28.8 Å². The van der Waals surface area contributed by atoms with Gasteiger partial charge in [0.2, 0.25) is 0 Å². The number of hydrogen-bond acceptors (Lipinski definition) is 4. The molecular formula is C18H31NO3. The van der Waals surface area contributed by atoms with Gasteiger partial charge in [0.1, 0.15) is 11.9 Å². The largest absolute Gasteiger partial charge is 0.507 e. The highest BCUT2D eigenvalue weighted by Gasteiger charge is 2.29. The molecule has 0 aromatic heterocycles. The minimum Gasteiger partial charge on any atom is -0.507 e. The summed E-state index contributed by atoms with van der Waals surface area (Å²) >= 11 is 0. The van der Waals surface area contributed by atoms with E-state index < -0.39 is 12.2 Å². The molecule has 0 fully saturated rings. The van der Waals surface area contributed by atoms with Crippen LogP contribution in [0, 0.1) is 0 Å². The van der Waals surface area contributed by atoms with E-state index in [-0.39, 0.29) is 29.5 Å². The van der Waals surface area contributed by atoms with Crippen molar-refractivity contribution >= 4 is 0 Å². The highest BCUT2D eigenvalue weighted by molar-refractivity contribution is 5.49. The molecule has 2 unspecified atom stereocenters. The van der Waals surface area contributed by atoms with Crippen LogP contribution >= 0.6 is 0 Å². The van der Waals surface area contributed by atoms with Gasteiger partial charge in [-0.3, -0.25) is 0 Å². The minimum absolute atomic E-state index is 0.0593. The number of phenolic OH excluding ortho intramolecular Hbond substituents is 1. The van der Waals surface area contributed by atoms with Crippen molar-refractivity contribution in [2.45, 2.75) is 71.0 Å². The second-order valence-corrected chi connectivity index (χ2v) is 8.05. The summed E-state index contributed by atoms with van der Waals surface area (Å²) in [6.07, 6.45) is -1.85. The molecule has 0 aliphatic heterocycles. The van der Waals surface area contributed by atoms with Gasteiger partial charge in [0, 0.05) is 5.56 Å². The van der Waals surface area contributed by atoms with Crippen molar-refractivity contribution in [3.63, 3.8) is 0 Å². The van der Waals surface area contributed by atoms with Crippen molar-refractivity contribution in [3.8, 4) is 5.75 Å². The summed E-state index contributed by atoms with van der Waals surface area (Å²) in [6, 6.07) is 3.77. The van der Waals surface area contributed by atoms with Crippen molar-refractivity contribution in [2.75, 3.05) is 6.54 Å². The van der Waals surface area contributed by atoms with Crippen LogP contribution in [0.5, 0.6) is 5.75 Å². The van der Waals surface area contributed by atoms with Gasteiger partial charge < -0.3 is 21.1 Å². The molecular weight excluding hydrogens is 278 g/mol. The van der Waals surface area contributed by atoms with E-state index in [0.29, 0.717) is 5.56 Å². The molecule has 0 aliphatic carbocycles. The van der Waals surface area contributed by atoms with Crippen molar-refractivity contribution in [1.29, 1.82) is 0 Å². The Hall–Kier alpha value is -1.10. The quantitative estimate of drug-likeness (QED) is 0.689. The second kappa shape index (κ2) is 6.57. The fourth-order valence-corrected chi connectivity index (χ4v) is 2.42. The van der Waals surface area contributed by atoms with Crippen molar-refractivity contribution in [1.82, 2.24) is 0 Å². The van der Waals surface area contributed by atoms with E-state index in [0.717, 1.165) is 11.1 Å². The lowest BCUT2D eigenvalue weighted by atomic mass is 9.78. The summed E-state index contributed by atoms with van der Waals surface area (Å²) in [7, 11) is 0. The van der Waals surface area contributed by atoms with Crippen LogP contribution in [0.3, 0.4) is 0 Å². The lowest BCUT2D eigenvalue weighted by molar-refractivity contribution is 0.0135. The van der Waals surface area contributed by atoms with Crippen LogP contribution in [-0.2, 0) is 10.8 Å². The van der Waals surface area contributed by atoms with Crippen LogP contribution in [0.15, 0.2) is 12.1 Å². The van der Waals surface area contributed by atoms with Gasteiger partial charge in [-0.1, -0.05) is 47.6 Å². The lowest BCUT2D eigenvalue weighted by Gasteiger charge is -2.29. The molecule has 1 rings (SSSR count). The van der Waals surface area contributed by atoms with Gasteiger partial charge in [-0.15, -0.1) is 0 Å². The Morgan fingerprint density at radius 1 is 1.00 bits per heavy atom. The molecule has 0 aliphatic rings. The second-order valence-electron chi connectivity index (χ2n) is 8.05. The summed E-state index contributed by atoms with van der Waals surface area (Å²) < 4.78 is 0. The zero-order valence-electron chi connectivity index (χ0n) is 14.6. The van der Waals surface area contributed by atoms with Gasteiger partial charge in [0.05, 0.1) is 6.10 Å². The number of aliphatic hydroxyl groups excluding tert-OH is 2. The van der Waals surface area contributed by atoms with Crippen LogP contribution in [0.1, 0.15) is 70.8 Å². The van der Waals surface area contributed by atoms with Gasteiger partial charge in [0.15, 0.2) is 0 Å². The number of rotatable bonds is 4. The van der Waals surface area contributed by atoms with Crippen LogP contribution in [0.2, 0.25) is 0 Å². The molecule has 5 N–H and O–H groups in total. The molecule has 22 heavy (non-hydrogen) atoms. The molecule has 2 atom stereocenters. The number of benzene rings is 1. The first kappa shape index (κ1) is 18.9. The summed E-state index contributed by atoms with van der Waals surface area (Å²) in [5.41, 5.74) is 7.22. The van der Waals surface area contributed by atoms with Crippen LogP contribution in [-0.4, -0.2) is 28.0 Å². The Bertz CT molecular complexity index is 512. The molecule has 4 heteroatoms. The molecule has 0 radical (unpaired) electrons. The van der Waals surface area contributed by atoms with E-state index in [1.54, 1.807) is 6.07 Å². The maximum absolute atomic E-state index is 10.6. The fourth-order valence-electron chi connectivity index (χ4n) is 2.42. The van der Waals surface area contributed by atoms with E-state index in [1.165, 1.54) is 0 Å². The predicted molar refractivity (Wildman–Crippen MR) is 90.1 cm³/mol. The Kier molecular flexibility index (Phi) is 5.66. The third-order valence-corrected chi connectivity index (χ3v) is 3.96. The maximum atomic E-state index is 10.6. The molecule has 0 saturated heterocycles. The first-order chi connectivity index (χ1) is 9.89. The number of hydrogen-bond donors (Lipinski definition) is 4. The highest BCUT2D eigenvalue weighted by atomic mass is 16.3. The maximum Gasteiger partial charge on any atom is 0.125 e. The number of phenols is 1. The summed E-state index contributed by atoms with van der Waals surface area (Å²) in [5, 5.41) is 31.1. The molecule has 0 amide bonds. The first-order valence-corrected chi connectivity index (χ1v) is 7.83. The Labute approximate surface area is 134 Å². The topological polar surface area (TPSA) is 86.7 Å². The Morgan fingerprint density at radius 2 is 1.55 bits per heavy atom. The van der Waals surface area contributed by atoms with Gasteiger partial charge >= 0.3 is 0 Å². The number of nitrogens with two attached hydrogens (primary N) is 1.